The zero-order valence-electron chi connectivity index (χ0n) is 28.0. The minimum Gasteiger partial charge on any atom is -0.0999 e. The number of hydrogen-bond donors (Lipinski definition) is 0. The van der Waals surface area contributed by atoms with Gasteiger partial charge in [0, 0.05) is 0 Å². The van der Waals surface area contributed by atoms with Crippen molar-refractivity contribution in [3.05, 3.63) is 23.3 Å². The van der Waals surface area contributed by atoms with E-state index in [0.29, 0.717) is 28.1 Å². The average molecular weight is 523 g/mol. The first kappa shape index (κ1) is 30.4. The first-order valence-corrected chi connectivity index (χ1v) is 17.0. The maximum absolute atomic E-state index is 4.55. The molecule has 4 aliphatic carbocycles. The summed E-state index contributed by atoms with van der Waals surface area (Å²) in [6, 6.07) is 0. The van der Waals surface area contributed by atoms with Crippen molar-refractivity contribution in [3.8, 4) is 0 Å². The molecule has 4 rings (SSSR count). The molecular weight excluding hydrogens is 456 g/mol. The minimum atomic E-state index is 0.349. The van der Waals surface area contributed by atoms with Crippen molar-refractivity contribution >= 4 is 0 Å². The summed E-state index contributed by atoms with van der Waals surface area (Å²) in [5.74, 6) is 8.70. The highest BCUT2D eigenvalue weighted by atomic mass is 14.8. The predicted octanol–water partition coefficient (Wildman–Crippen LogP) is 11.6. The number of allylic oxidation sites excluding steroid dienone is 3. The third-order valence-electron chi connectivity index (χ3n) is 15.4. The molecule has 13 atom stereocenters. The van der Waals surface area contributed by atoms with Crippen LogP contribution < -0.4 is 0 Å². The number of hydrogen-bond acceptors (Lipinski definition) is 0. The monoisotopic (exact) mass is 523 g/mol. The number of rotatable bonds is 6. The zero-order valence-corrected chi connectivity index (χ0v) is 28.0. The van der Waals surface area contributed by atoms with Crippen molar-refractivity contribution in [3.63, 3.8) is 0 Å². The third kappa shape index (κ3) is 4.02. The fourth-order valence-corrected chi connectivity index (χ4v) is 13.1. The van der Waals surface area contributed by atoms with E-state index in [9.17, 15) is 0 Å². The second kappa shape index (κ2) is 10.4. The van der Waals surface area contributed by atoms with Crippen LogP contribution >= 0.6 is 0 Å². The normalized spacial score (nSPS) is 50.9. The lowest BCUT2D eigenvalue weighted by Gasteiger charge is -2.75. The van der Waals surface area contributed by atoms with Gasteiger partial charge in [-0.15, -0.1) is 0 Å². The highest BCUT2D eigenvalue weighted by Gasteiger charge is 2.71. The summed E-state index contributed by atoms with van der Waals surface area (Å²) in [5.41, 5.74) is 6.17. The molecule has 0 amide bonds. The van der Waals surface area contributed by atoms with Gasteiger partial charge in [-0.1, -0.05) is 113 Å². The van der Waals surface area contributed by atoms with E-state index in [1.165, 1.54) is 50.5 Å². The molecule has 0 aliphatic heterocycles. The van der Waals surface area contributed by atoms with Crippen LogP contribution in [0.5, 0.6) is 0 Å². The molecule has 3 fully saturated rings. The molecule has 0 bridgehead atoms. The van der Waals surface area contributed by atoms with Gasteiger partial charge in [0.1, 0.15) is 0 Å². The molecule has 0 N–H and O–H groups in total. The van der Waals surface area contributed by atoms with Crippen molar-refractivity contribution < 1.29 is 0 Å². The van der Waals surface area contributed by atoms with Gasteiger partial charge < -0.3 is 0 Å². The largest absolute Gasteiger partial charge is 0.0999 e. The molecule has 4 aliphatic rings. The quantitative estimate of drug-likeness (QED) is 0.304. The first-order valence-electron chi connectivity index (χ1n) is 17.0. The van der Waals surface area contributed by atoms with Crippen LogP contribution in [0.2, 0.25) is 0 Å². The Labute approximate surface area is 239 Å². The van der Waals surface area contributed by atoms with Crippen LogP contribution in [0.15, 0.2) is 23.3 Å². The summed E-state index contributed by atoms with van der Waals surface area (Å²) in [6.45, 7) is 38.7. The highest BCUT2D eigenvalue weighted by molar-refractivity contribution is 5.31. The van der Waals surface area contributed by atoms with Gasteiger partial charge in [-0.05, 0) is 127 Å². The van der Waals surface area contributed by atoms with Crippen molar-refractivity contribution in [2.24, 2.45) is 81.3 Å². The Morgan fingerprint density at radius 1 is 0.947 bits per heavy atom. The smallest absolute Gasteiger partial charge is 0.0164 e. The van der Waals surface area contributed by atoms with Crippen molar-refractivity contribution in [1.82, 2.24) is 0 Å². The molecule has 0 heteroatoms. The molecule has 218 valence electrons. The molecule has 0 aromatic carbocycles. The van der Waals surface area contributed by atoms with Crippen LogP contribution in [0.1, 0.15) is 135 Å². The minimum absolute atomic E-state index is 0.349. The van der Waals surface area contributed by atoms with Gasteiger partial charge in [-0.2, -0.15) is 0 Å². The van der Waals surface area contributed by atoms with Gasteiger partial charge >= 0.3 is 0 Å². The van der Waals surface area contributed by atoms with Gasteiger partial charge in [-0.3, -0.25) is 0 Å². The standard InChI is InChI=1S/C38H66/c1-15-16-17-23(4)20-31-18-19-32-27(8)37(13)30(11)36(12)21-24(5)33(22(2)3)28(9)38(36,14)29(10)35(37)26(7)34(32)25(31)6/h22,25-32,34-35H,4,15-21H2,1-3,5-14H3. The Morgan fingerprint density at radius 3 is 2.16 bits per heavy atom. The number of unbranched alkanes of at least 4 members (excludes halogenated alkanes) is 1. The molecular formula is C38H66. The lowest BCUT2D eigenvalue weighted by Crippen LogP contribution is -2.70. The fourth-order valence-electron chi connectivity index (χ4n) is 13.1. The van der Waals surface area contributed by atoms with E-state index in [0.717, 1.165) is 53.3 Å². The van der Waals surface area contributed by atoms with E-state index in [4.69, 9.17) is 0 Å². The Hall–Kier alpha value is -0.520. The summed E-state index contributed by atoms with van der Waals surface area (Å²) in [6.07, 6.45) is 9.33. The Morgan fingerprint density at radius 2 is 1.58 bits per heavy atom. The van der Waals surface area contributed by atoms with E-state index < -0.39 is 0 Å². The molecule has 0 radical (unpaired) electrons. The molecule has 0 saturated heterocycles. The van der Waals surface area contributed by atoms with E-state index in [1.807, 2.05) is 0 Å². The maximum Gasteiger partial charge on any atom is -0.0164 e. The Bertz CT molecular complexity index is 920. The fraction of sp³-hybridized carbons (Fsp3) is 0.895. The van der Waals surface area contributed by atoms with Crippen LogP contribution in [0.25, 0.3) is 0 Å². The van der Waals surface area contributed by atoms with Crippen LogP contribution in [0.3, 0.4) is 0 Å². The van der Waals surface area contributed by atoms with Gasteiger partial charge in [0.2, 0.25) is 0 Å². The van der Waals surface area contributed by atoms with Gasteiger partial charge in [-0.25, -0.2) is 0 Å². The van der Waals surface area contributed by atoms with Crippen LogP contribution in [0, 0.1) is 81.3 Å². The lowest BCUT2D eigenvalue weighted by atomic mass is 9.29. The summed E-state index contributed by atoms with van der Waals surface area (Å²) in [5, 5.41) is 0. The molecule has 3 saturated carbocycles. The summed E-state index contributed by atoms with van der Waals surface area (Å²) >= 11 is 0. The third-order valence-corrected chi connectivity index (χ3v) is 15.4. The van der Waals surface area contributed by atoms with Crippen LogP contribution in [0.4, 0.5) is 0 Å². The van der Waals surface area contributed by atoms with Crippen molar-refractivity contribution in [1.29, 1.82) is 0 Å². The molecule has 0 aromatic heterocycles. The molecule has 0 heterocycles. The van der Waals surface area contributed by atoms with Gasteiger partial charge in [0.05, 0.1) is 0 Å². The Kier molecular flexibility index (Phi) is 8.32. The number of fused-ring (bicyclic) bond motifs is 3. The van der Waals surface area contributed by atoms with E-state index in [-0.39, 0.29) is 0 Å². The molecule has 0 aromatic rings. The predicted molar refractivity (Wildman–Crippen MR) is 168 cm³/mol. The maximum atomic E-state index is 4.55. The topological polar surface area (TPSA) is 0 Å². The summed E-state index contributed by atoms with van der Waals surface area (Å²) < 4.78 is 0. The second-order valence-corrected chi connectivity index (χ2v) is 16.5. The lowest BCUT2D eigenvalue weighted by molar-refractivity contribution is -0.266. The summed E-state index contributed by atoms with van der Waals surface area (Å²) in [7, 11) is 0. The van der Waals surface area contributed by atoms with Gasteiger partial charge in [0.25, 0.3) is 0 Å². The van der Waals surface area contributed by atoms with E-state index in [1.54, 1.807) is 11.1 Å². The molecule has 13 unspecified atom stereocenters. The zero-order chi connectivity index (χ0) is 28.5. The molecule has 0 nitrogen and oxygen atoms in total. The molecule has 38 heavy (non-hydrogen) atoms. The SMILES string of the molecule is C=C(CCCC)CC1CCC2C(C1C)C(C)C1C(C)C3(C)C(C)C(C(C)C)=C(C)CC3(C)C(C)C1(C)C2C. The van der Waals surface area contributed by atoms with Gasteiger partial charge in [0.15, 0.2) is 0 Å². The van der Waals surface area contributed by atoms with E-state index >= 15 is 0 Å². The Balaban J connectivity index is 1.75. The van der Waals surface area contributed by atoms with Crippen molar-refractivity contribution in [2.75, 3.05) is 0 Å². The van der Waals surface area contributed by atoms with Crippen molar-refractivity contribution in [2.45, 2.75) is 135 Å². The summed E-state index contributed by atoms with van der Waals surface area (Å²) in [4.78, 5) is 0. The van der Waals surface area contributed by atoms with Crippen LogP contribution in [-0.2, 0) is 0 Å². The average Bonchev–Trinajstić information content (AvgIpc) is 2.84. The van der Waals surface area contributed by atoms with E-state index in [2.05, 4.69) is 96.6 Å². The molecule has 0 spiro atoms. The highest BCUT2D eigenvalue weighted by Crippen LogP contribution is 2.77. The first-order chi connectivity index (χ1) is 17.6. The second-order valence-electron chi connectivity index (χ2n) is 16.5. The van der Waals surface area contributed by atoms with Crippen LogP contribution in [-0.4, -0.2) is 0 Å².